The average Bonchev–Trinajstić information content (AvgIpc) is 2.17. The van der Waals surface area contributed by atoms with Gasteiger partial charge >= 0.3 is 0 Å². The fraction of sp³-hybridized carbons (Fsp3) is 0.364. The Bertz CT molecular complexity index is 281. The zero-order chi connectivity index (χ0) is 8.39. The monoisotopic (exact) mass is 159 g/mol. The second-order valence-electron chi connectivity index (χ2n) is 3.21. The minimum atomic E-state index is 0.366. The first-order valence-corrected chi connectivity index (χ1v) is 4.49. The van der Waals surface area contributed by atoms with Crippen molar-refractivity contribution in [3.05, 3.63) is 36.0 Å². The molecule has 62 valence electrons. The zero-order valence-electron chi connectivity index (χ0n) is 7.27. The van der Waals surface area contributed by atoms with Gasteiger partial charge in [-0.3, -0.25) is 4.99 Å². The van der Waals surface area contributed by atoms with Crippen LogP contribution in [-0.4, -0.2) is 12.3 Å². The third-order valence-electron chi connectivity index (χ3n) is 2.39. The first-order valence-electron chi connectivity index (χ1n) is 4.49. The SMILES string of the molecule is CCC1=CC2C=CC=NC2C=C1. The van der Waals surface area contributed by atoms with Gasteiger partial charge in [0.25, 0.3) is 0 Å². The van der Waals surface area contributed by atoms with Crippen LogP contribution in [0.4, 0.5) is 0 Å². The van der Waals surface area contributed by atoms with Crippen LogP contribution in [0.25, 0.3) is 0 Å². The Morgan fingerprint density at radius 2 is 2.33 bits per heavy atom. The van der Waals surface area contributed by atoms with Gasteiger partial charge in [0, 0.05) is 12.1 Å². The van der Waals surface area contributed by atoms with E-state index < -0.39 is 0 Å². The quantitative estimate of drug-likeness (QED) is 0.557. The number of nitrogens with zero attached hydrogens (tertiary/aromatic N) is 1. The smallest absolute Gasteiger partial charge is 0.0780 e. The Morgan fingerprint density at radius 1 is 1.42 bits per heavy atom. The van der Waals surface area contributed by atoms with E-state index in [0.717, 1.165) is 6.42 Å². The average molecular weight is 159 g/mol. The fourth-order valence-electron chi connectivity index (χ4n) is 1.63. The molecule has 0 amide bonds. The highest BCUT2D eigenvalue weighted by Crippen LogP contribution is 2.24. The molecule has 0 saturated carbocycles. The maximum atomic E-state index is 4.38. The molecule has 0 radical (unpaired) electrons. The highest BCUT2D eigenvalue weighted by molar-refractivity contribution is 5.73. The summed E-state index contributed by atoms with van der Waals surface area (Å²) in [6.07, 6.45) is 14.0. The highest BCUT2D eigenvalue weighted by Gasteiger charge is 2.17. The molecule has 2 aliphatic rings. The van der Waals surface area contributed by atoms with Crippen molar-refractivity contribution < 1.29 is 0 Å². The third-order valence-corrected chi connectivity index (χ3v) is 2.39. The van der Waals surface area contributed by atoms with Crippen LogP contribution in [-0.2, 0) is 0 Å². The molecule has 0 N–H and O–H groups in total. The predicted molar refractivity (Wildman–Crippen MR) is 52.4 cm³/mol. The number of hydrogen-bond acceptors (Lipinski definition) is 1. The normalized spacial score (nSPS) is 31.6. The molecule has 2 atom stereocenters. The van der Waals surface area contributed by atoms with Crippen LogP contribution in [0.15, 0.2) is 40.9 Å². The lowest BCUT2D eigenvalue weighted by molar-refractivity contribution is 0.674. The third kappa shape index (κ3) is 1.27. The molecular weight excluding hydrogens is 146 g/mol. The fourth-order valence-corrected chi connectivity index (χ4v) is 1.63. The van der Waals surface area contributed by atoms with Crippen LogP contribution in [0.3, 0.4) is 0 Å². The van der Waals surface area contributed by atoms with Crippen molar-refractivity contribution in [2.24, 2.45) is 10.9 Å². The van der Waals surface area contributed by atoms with Crippen LogP contribution < -0.4 is 0 Å². The lowest BCUT2D eigenvalue weighted by Gasteiger charge is -2.21. The van der Waals surface area contributed by atoms with Crippen LogP contribution in [0.1, 0.15) is 13.3 Å². The van der Waals surface area contributed by atoms with Gasteiger partial charge in [0.15, 0.2) is 0 Å². The zero-order valence-corrected chi connectivity index (χ0v) is 7.27. The summed E-state index contributed by atoms with van der Waals surface area (Å²) in [7, 11) is 0. The van der Waals surface area contributed by atoms with E-state index in [1.807, 2.05) is 12.3 Å². The van der Waals surface area contributed by atoms with Crippen molar-refractivity contribution in [2.75, 3.05) is 0 Å². The van der Waals surface area contributed by atoms with Crippen molar-refractivity contribution in [2.45, 2.75) is 19.4 Å². The molecule has 2 unspecified atom stereocenters. The van der Waals surface area contributed by atoms with Crippen LogP contribution in [0.2, 0.25) is 0 Å². The van der Waals surface area contributed by atoms with Gasteiger partial charge < -0.3 is 0 Å². The molecular formula is C11H13N. The van der Waals surface area contributed by atoms with E-state index in [0.29, 0.717) is 12.0 Å². The molecule has 0 spiro atoms. The maximum Gasteiger partial charge on any atom is 0.0780 e. The Morgan fingerprint density at radius 3 is 3.17 bits per heavy atom. The first-order chi connectivity index (χ1) is 5.90. The van der Waals surface area contributed by atoms with E-state index in [1.54, 1.807) is 0 Å². The van der Waals surface area contributed by atoms with Crippen LogP contribution >= 0.6 is 0 Å². The van der Waals surface area contributed by atoms with E-state index in [1.165, 1.54) is 5.57 Å². The van der Waals surface area contributed by atoms with E-state index in [2.05, 4.69) is 36.2 Å². The lowest BCUT2D eigenvalue weighted by atomic mass is 9.89. The largest absolute Gasteiger partial charge is 0.285 e. The standard InChI is InChI=1S/C11H13N/c1-2-9-5-6-11-10(8-9)4-3-7-12-11/h3-8,10-11H,2H2,1H3. The molecule has 1 nitrogen and oxygen atoms in total. The Balaban J connectivity index is 2.22. The first kappa shape index (κ1) is 7.53. The number of fused-ring (bicyclic) bond motifs is 1. The van der Waals surface area contributed by atoms with E-state index in [-0.39, 0.29) is 0 Å². The molecule has 1 aliphatic carbocycles. The number of rotatable bonds is 1. The van der Waals surface area contributed by atoms with E-state index in [9.17, 15) is 0 Å². The molecule has 2 rings (SSSR count). The van der Waals surface area contributed by atoms with Gasteiger partial charge in [-0.25, -0.2) is 0 Å². The Hall–Kier alpha value is -1.11. The van der Waals surface area contributed by atoms with Crippen molar-refractivity contribution in [3.63, 3.8) is 0 Å². The minimum absolute atomic E-state index is 0.366. The number of hydrogen-bond donors (Lipinski definition) is 0. The van der Waals surface area contributed by atoms with Crippen LogP contribution in [0.5, 0.6) is 0 Å². The van der Waals surface area contributed by atoms with Crippen LogP contribution in [0, 0.1) is 5.92 Å². The summed E-state index contributed by atoms with van der Waals surface area (Å²) in [5.41, 5.74) is 1.43. The lowest BCUT2D eigenvalue weighted by Crippen LogP contribution is -2.17. The van der Waals surface area contributed by atoms with Gasteiger partial charge in [0.05, 0.1) is 6.04 Å². The number of aliphatic imine (C=N–C) groups is 1. The molecule has 1 heteroatoms. The number of dihydropyridines is 1. The van der Waals surface area contributed by atoms with E-state index >= 15 is 0 Å². The van der Waals surface area contributed by atoms with Crippen molar-refractivity contribution in [3.8, 4) is 0 Å². The van der Waals surface area contributed by atoms with Crippen molar-refractivity contribution in [1.29, 1.82) is 0 Å². The molecule has 0 aromatic rings. The maximum absolute atomic E-state index is 4.38. The Kier molecular flexibility index (Phi) is 1.94. The van der Waals surface area contributed by atoms with Gasteiger partial charge in [0.2, 0.25) is 0 Å². The molecule has 0 aromatic carbocycles. The summed E-state index contributed by atoms with van der Waals surface area (Å²) < 4.78 is 0. The second kappa shape index (κ2) is 3.10. The number of allylic oxidation sites excluding steroid dienone is 3. The molecule has 0 saturated heterocycles. The summed E-state index contributed by atoms with van der Waals surface area (Å²) >= 11 is 0. The molecule has 12 heavy (non-hydrogen) atoms. The summed E-state index contributed by atoms with van der Waals surface area (Å²) in [5.74, 6) is 0.509. The Labute approximate surface area is 73.2 Å². The summed E-state index contributed by atoms with van der Waals surface area (Å²) in [6.45, 7) is 2.19. The van der Waals surface area contributed by atoms with Gasteiger partial charge in [0.1, 0.15) is 0 Å². The van der Waals surface area contributed by atoms with E-state index in [4.69, 9.17) is 0 Å². The second-order valence-corrected chi connectivity index (χ2v) is 3.21. The predicted octanol–water partition coefficient (Wildman–Crippen LogP) is 2.52. The van der Waals surface area contributed by atoms with Gasteiger partial charge in [-0.15, -0.1) is 0 Å². The molecule has 0 aromatic heterocycles. The van der Waals surface area contributed by atoms with Gasteiger partial charge in [-0.2, -0.15) is 0 Å². The summed E-state index contributed by atoms with van der Waals surface area (Å²) in [4.78, 5) is 4.38. The summed E-state index contributed by atoms with van der Waals surface area (Å²) in [5, 5.41) is 0. The summed E-state index contributed by atoms with van der Waals surface area (Å²) in [6, 6.07) is 0.366. The molecule has 1 heterocycles. The van der Waals surface area contributed by atoms with Crippen molar-refractivity contribution >= 4 is 6.21 Å². The highest BCUT2D eigenvalue weighted by atomic mass is 14.8. The van der Waals surface area contributed by atoms with Gasteiger partial charge in [-0.05, 0) is 12.5 Å². The minimum Gasteiger partial charge on any atom is -0.285 e. The molecule has 0 fully saturated rings. The molecule has 0 bridgehead atoms. The van der Waals surface area contributed by atoms with Crippen molar-refractivity contribution in [1.82, 2.24) is 0 Å². The topological polar surface area (TPSA) is 12.4 Å². The molecule has 1 aliphatic heterocycles. The van der Waals surface area contributed by atoms with Gasteiger partial charge in [-0.1, -0.05) is 36.8 Å².